The van der Waals surface area contributed by atoms with E-state index in [1.54, 1.807) is 0 Å². The largest absolute Gasteiger partial charge is 0.198 e. The molecule has 0 aliphatic carbocycles. The molecule has 1 nitrogen and oxygen atoms in total. The zero-order valence-corrected chi connectivity index (χ0v) is 15.7. The normalized spacial score (nSPS) is 16.2. The highest BCUT2D eigenvalue weighted by Crippen LogP contribution is 2.45. The molecule has 3 rings (SSSR count). The highest BCUT2D eigenvalue weighted by Gasteiger charge is 2.33. The Kier molecular flexibility index (Phi) is 5.71. The zero-order valence-electron chi connectivity index (χ0n) is 14.1. The van der Waals surface area contributed by atoms with Crippen molar-refractivity contribution >= 4 is 22.7 Å². The Labute approximate surface area is 152 Å². The van der Waals surface area contributed by atoms with Gasteiger partial charge >= 0.3 is 0 Å². The minimum absolute atomic E-state index is 0.00817. The number of fused-ring (bicyclic) bond motifs is 2. The van der Waals surface area contributed by atoms with E-state index in [4.69, 9.17) is 5.26 Å². The number of hydrogen-bond donors (Lipinski definition) is 0. The summed E-state index contributed by atoms with van der Waals surface area (Å²) in [7, 11) is 0.00817. The molecule has 0 N–H and O–H groups in total. The zero-order chi connectivity index (χ0) is 16.9. The summed E-state index contributed by atoms with van der Waals surface area (Å²) in [5, 5.41) is 11.3. The molecular formula is C21H22NS2+. The van der Waals surface area contributed by atoms with Gasteiger partial charge in [0.2, 0.25) is 0 Å². The van der Waals surface area contributed by atoms with E-state index in [0.717, 1.165) is 12.8 Å². The Morgan fingerprint density at radius 2 is 1.62 bits per heavy atom. The molecule has 2 unspecified atom stereocenters. The van der Waals surface area contributed by atoms with Crippen molar-refractivity contribution in [1.29, 1.82) is 5.26 Å². The van der Waals surface area contributed by atoms with Crippen LogP contribution in [0.15, 0.2) is 79.6 Å². The van der Waals surface area contributed by atoms with Crippen molar-refractivity contribution in [3.63, 3.8) is 0 Å². The molecule has 0 spiro atoms. The molecule has 0 bridgehead atoms. The van der Waals surface area contributed by atoms with Gasteiger partial charge in [0, 0.05) is 5.92 Å². The van der Waals surface area contributed by atoms with E-state index in [1.807, 2.05) is 18.7 Å². The standard InChI is InChI=1S/C21H22NS2/c1-16(14-17(2)15-22)8-7-13-24-20-11-5-3-9-18(20)23-19-10-4-6-12-21(19)24/h3-7,9-13,16-17H,8,14H2,1-2H3/q+1/b13-7+. The minimum Gasteiger partial charge on any atom is -0.198 e. The second-order valence-corrected chi connectivity index (χ2v) is 9.22. The maximum Gasteiger partial charge on any atom is 0.179 e. The first kappa shape index (κ1) is 17.2. The molecule has 1 aliphatic rings. The van der Waals surface area contributed by atoms with Gasteiger partial charge in [0.05, 0.1) is 26.8 Å². The number of nitrogens with zero attached hydrogens (tertiary/aromatic N) is 1. The monoisotopic (exact) mass is 352 g/mol. The fraction of sp³-hybridized carbons (Fsp3) is 0.286. The lowest BCUT2D eigenvalue weighted by molar-refractivity contribution is 0.477. The van der Waals surface area contributed by atoms with E-state index in [0.29, 0.717) is 5.92 Å². The van der Waals surface area contributed by atoms with Crippen molar-refractivity contribution in [1.82, 2.24) is 0 Å². The lowest BCUT2D eigenvalue weighted by Gasteiger charge is -2.16. The molecule has 1 heterocycles. The van der Waals surface area contributed by atoms with Crippen LogP contribution >= 0.6 is 11.8 Å². The lowest BCUT2D eigenvalue weighted by atomic mass is 9.96. The van der Waals surface area contributed by atoms with Gasteiger partial charge in [-0.3, -0.25) is 0 Å². The van der Waals surface area contributed by atoms with Crippen LogP contribution in [0.1, 0.15) is 26.7 Å². The van der Waals surface area contributed by atoms with Crippen LogP contribution in [0.4, 0.5) is 0 Å². The number of benzene rings is 2. The predicted molar refractivity (Wildman–Crippen MR) is 103 cm³/mol. The van der Waals surface area contributed by atoms with Crippen LogP contribution in [0.2, 0.25) is 0 Å². The summed E-state index contributed by atoms with van der Waals surface area (Å²) in [4.78, 5) is 5.59. The fourth-order valence-corrected chi connectivity index (χ4v) is 6.46. The first-order valence-corrected chi connectivity index (χ1v) is 10.4. The van der Waals surface area contributed by atoms with Crippen LogP contribution < -0.4 is 0 Å². The first-order chi connectivity index (χ1) is 11.7. The molecule has 2 aromatic rings. The summed E-state index contributed by atoms with van der Waals surface area (Å²) >= 11 is 1.87. The molecular weight excluding hydrogens is 330 g/mol. The van der Waals surface area contributed by atoms with Crippen molar-refractivity contribution in [2.45, 2.75) is 46.3 Å². The molecule has 122 valence electrons. The van der Waals surface area contributed by atoms with Gasteiger partial charge < -0.3 is 0 Å². The van der Waals surface area contributed by atoms with Crippen molar-refractivity contribution in [3.05, 3.63) is 60.0 Å². The number of nitriles is 1. The van der Waals surface area contributed by atoms with Crippen molar-refractivity contribution < 1.29 is 0 Å². The second-order valence-electron chi connectivity index (χ2n) is 6.31. The Bertz CT molecular complexity index is 730. The van der Waals surface area contributed by atoms with E-state index in [1.165, 1.54) is 19.6 Å². The van der Waals surface area contributed by atoms with E-state index >= 15 is 0 Å². The molecule has 0 saturated carbocycles. The third-order valence-electron chi connectivity index (χ3n) is 4.14. The van der Waals surface area contributed by atoms with Crippen molar-refractivity contribution in [3.8, 4) is 6.07 Å². The second kappa shape index (κ2) is 7.96. The van der Waals surface area contributed by atoms with Gasteiger partial charge in [0.1, 0.15) is 5.41 Å². The maximum absolute atomic E-state index is 8.96. The summed E-state index contributed by atoms with van der Waals surface area (Å²) < 4.78 is 0. The molecule has 24 heavy (non-hydrogen) atoms. The smallest absolute Gasteiger partial charge is 0.179 e. The van der Waals surface area contributed by atoms with Crippen LogP contribution in [0.25, 0.3) is 0 Å². The van der Waals surface area contributed by atoms with Gasteiger partial charge in [-0.05, 0) is 56.0 Å². The number of rotatable bonds is 5. The third kappa shape index (κ3) is 3.88. The molecule has 0 radical (unpaired) electrons. The molecule has 0 fully saturated rings. The molecule has 1 aliphatic heterocycles. The third-order valence-corrected chi connectivity index (χ3v) is 7.67. The van der Waals surface area contributed by atoms with Crippen LogP contribution in [-0.4, -0.2) is 0 Å². The van der Waals surface area contributed by atoms with Crippen molar-refractivity contribution in [2.75, 3.05) is 0 Å². The molecule has 0 amide bonds. The average Bonchev–Trinajstić information content (AvgIpc) is 2.61. The van der Waals surface area contributed by atoms with Gasteiger partial charge in [-0.1, -0.05) is 43.0 Å². The molecule has 2 aromatic carbocycles. The number of hydrogen-bond acceptors (Lipinski definition) is 2. The van der Waals surface area contributed by atoms with Gasteiger partial charge in [0.15, 0.2) is 9.79 Å². The highest BCUT2D eigenvalue weighted by atomic mass is 32.2. The van der Waals surface area contributed by atoms with Gasteiger partial charge in [-0.2, -0.15) is 5.26 Å². The summed E-state index contributed by atoms with van der Waals surface area (Å²) in [5.74, 6) is 0.688. The first-order valence-electron chi connectivity index (χ1n) is 8.34. The topological polar surface area (TPSA) is 23.8 Å². The fourth-order valence-electron chi connectivity index (χ4n) is 2.95. The predicted octanol–water partition coefficient (Wildman–Crippen LogP) is 6.28. The van der Waals surface area contributed by atoms with Crippen LogP contribution in [-0.2, 0) is 10.9 Å². The Balaban J connectivity index is 1.80. The van der Waals surface area contributed by atoms with Gasteiger partial charge in [0.25, 0.3) is 0 Å². The Hall–Kier alpha value is -1.63. The van der Waals surface area contributed by atoms with E-state index < -0.39 is 0 Å². The van der Waals surface area contributed by atoms with Crippen molar-refractivity contribution in [2.24, 2.45) is 11.8 Å². The van der Waals surface area contributed by atoms with E-state index in [-0.39, 0.29) is 16.8 Å². The summed E-state index contributed by atoms with van der Waals surface area (Å²) in [6.45, 7) is 4.24. The average molecular weight is 353 g/mol. The van der Waals surface area contributed by atoms with Gasteiger partial charge in [-0.25, -0.2) is 0 Å². The molecule has 3 heteroatoms. The summed E-state index contributed by atoms with van der Waals surface area (Å²) in [5.41, 5.74) is 0. The molecule has 0 saturated heterocycles. The number of allylic oxidation sites excluding steroid dienone is 1. The van der Waals surface area contributed by atoms with Gasteiger partial charge in [-0.15, -0.1) is 0 Å². The highest BCUT2D eigenvalue weighted by molar-refractivity contribution is 8.05. The SMILES string of the molecule is CC(C#N)CC(C)C/C=C/[S+]1c2ccccc2Sc2ccccc21. The van der Waals surface area contributed by atoms with E-state index in [9.17, 15) is 0 Å². The quantitative estimate of drug-likeness (QED) is 0.591. The van der Waals surface area contributed by atoms with Crippen LogP contribution in [0.3, 0.4) is 0 Å². The summed E-state index contributed by atoms with van der Waals surface area (Å²) in [6.07, 6.45) is 4.33. The van der Waals surface area contributed by atoms with Crippen LogP contribution in [0, 0.1) is 23.2 Å². The van der Waals surface area contributed by atoms with E-state index in [2.05, 4.69) is 73.0 Å². The maximum atomic E-state index is 8.96. The molecule has 2 atom stereocenters. The summed E-state index contributed by atoms with van der Waals surface area (Å²) in [6, 6.07) is 19.8. The Morgan fingerprint density at radius 1 is 1.04 bits per heavy atom. The lowest BCUT2D eigenvalue weighted by Crippen LogP contribution is -2.07. The minimum atomic E-state index is 0.00817. The Morgan fingerprint density at radius 3 is 2.21 bits per heavy atom. The van der Waals surface area contributed by atoms with Crippen LogP contribution in [0.5, 0.6) is 0 Å². The molecule has 0 aromatic heterocycles.